The average Bonchev–Trinajstić information content (AvgIpc) is 3.26. The lowest BCUT2D eigenvalue weighted by Gasteiger charge is -2.10. The number of aromatic nitrogens is 2. The summed E-state index contributed by atoms with van der Waals surface area (Å²) >= 11 is 6.09. The van der Waals surface area contributed by atoms with Gasteiger partial charge in [-0.1, -0.05) is 60.1 Å². The van der Waals surface area contributed by atoms with E-state index >= 15 is 0 Å². The van der Waals surface area contributed by atoms with Crippen molar-refractivity contribution in [1.82, 2.24) is 9.78 Å². The molecule has 1 amide bonds. The minimum absolute atomic E-state index is 0.219. The van der Waals surface area contributed by atoms with Crippen molar-refractivity contribution in [1.29, 1.82) is 0 Å². The summed E-state index contributed by atoms with van der Waals surface area (Å²) in [6.45, 7) is 0. The zero-order chi connectivity index (χ0) is 20.2. The molecular weight excluding hydrogens is 386 g/mol. The first-order chi connectivity index (χ1) is 14.1. The number of ketones is 1. The van der Waals surface area contributed by atoms with E-state index in [0.717, 1.165) is 5.69 Å². The fourth-order valence-electron chi connectivity index (χ4n) is 2.91. The summed E-state index contributed by atoms with van der Waals surface area (Å²) in [5.74, 6) is -0.583. The van der Waals surface area contributed by atoms with Crippen molar-refractivity contribution in [3.63, 3.8) is 0 Å². The second kappa shape index (κ2) is 8.12. The average molecular weight is 402 g/mol. The molecule has 0 unspecified atom stereocenters. The summed E-state index contributed by atoms with van der Waals surface area (Å²) in [5, 5.41) is 7.45. The molecule has 0 saturated carbocycles. The van der Waals surface area contributed by atoms with Crippen LogP contribution in [0.2, 0.25) is 5.02 Å². The van der Waals surface area contributed by atoms with Crippen LogP contribution in [0, 0.1) is 0 Å². The third-order valence-electron chi connectivity index (χ3n) is 4.38. The first-order valence-electron chi connectivity index (χ1n) is 8.92. The molecule has 1 N–H and O–H groups in total. The molecule has 142 valence electrons. The molecule has 4 aromatic rings. The summed E-state index contributed by atoms with van der Waals surface area (Å²) in [6, 6.07) is 23.1. The largest absolute Gasteiger partial charge is 0.321 e. The summed E-state index contributed by atoms with van der Waals surface area (Å²) in [4.78, 5) is 25.6. The zero-order valence-electron chi connectivity index (χ0n) is 15.2. The van der Waals surface area contributed by atoms with Crippen LogP contribution in [-0.2, 0) is 0 Å². The Kier molecular flexibility index (Phi) is 5.22. The van der Waals surface area contributed by atoms with Crippen molar-refractivity contribution in [2.24, 2.45) is 0 Å². The Morgan fingerprint density at radius 1 is 0.862 bits per heavy atom. The van der Waals surface area contributed by atoms with Gasteiger partial charge in [0, 0.05) is 22.3 Å². The molecule has 0 spiro atoms. The number of amides is 1. The number of hydrogen-bond acceptors (Lipinski definition) is 3. The first-order valence-corrected chi connectivity index (χ1v) is 9.30. The Balaban J connectivity index is 1.61. The van der Waals surface area contributed by atoms with Crippen LogP contribution < -0.4 is 5.32 Å². The van der Waals surface area contributed by atoms with E-state index in [1.165, 1.54) is 6.20 Å². The van der Waals surface area contributed by atoms with Gasteiger partial charge < -0.3 is 5.32 Å². The van der Waals surface area contributed by atoms with Crippen LogP contribution in [0.1, 0.15) is 26.3 Å². The molecule has 4 rings (SSSR count). The second-order valence-corrected chi connectivity index (χ2v) is 6.78. The summed E-state index contributed by atoms with van der Waals surface area (Å²) in [5.41, 5.74) is 2.45. The highest BCUT2D eigenvalue weighted by Gasteiger charge is 2.17. The molecule has 1 aromatic heterocycles. The molecule has 1 heterocycles. The highest BCUT2D eigenvalue weighted by Crippen LogP contribution is 2.24. The van der Waals surface area contributed by atoms with Crippen LogP contribution >= 0.6 is 11.6 Å². The summed E-state index contributed by atoms with van der Waals surface area (Å²) in [6.07, 6.45) is 3.12. The first kappa shape index (κ1) is 18.7. The van der Waals surface area contributed by atoms with Crippen molar-refractivity contribution < 1.29 is 9.59 Å². The summed E-state index contributed by atoms with van der Waals surface area (Å²) < 4.78 is 1.62. The van der Waals surface area contributed by atoms with Gasteiger partial charge in [-0.3, -0.25) is 9.59 Å². The minimum Gasteiger partial charge on any atom is -0.321 e. The topological polar surface area (TPSA) is 64.0 Å². The predicted molar refractivity (Wildman–Crippen MR) is 113 cm³/mol. The van der Waals surface area contributed by atoms with Crippen molar-refractivity contribution >= 4 is 29.0 Å². The van der Waals surface area contributed by atoms with Gasteiger partial charge in [0.1, 0.15) is 0 Å². The number of carbonyl (C=O) groups excluding carboxylic acids is 2. The maximum Gasteiger partial charge on any atom is 0.258 e. The van der Waals surface area contributed by atoms with Gasteiger partial charge in [-0.2, -0.15) is 5.10 Å². The number of hydrogen-bond donors (Lipinski definition) is 1. The Hall–Kier alpha value is -3.70. The minimum atomic E-state index is -0.364. The molecule has 6 heteroatoms. The molecule has 0 atom stereocenters. The normalized spacial score (nSPS) is 10.5. The van der Waals surface area contributed by atoms with Gasteiger partial charge in [0.2, 0.25) is 0 Å². The molecule has 29 heavy (non-hydrogen) atoms. The summed E-state index contributed by atoms with van der Waals surface area (Å²) in [7, 11) is 0. The van der Waals surface area contributed by atoms with Crippen LogP contribution in [0.5, 0.6) is 0 Å². The van der Waals surface area contributed by atoms with Crippen molar-refractivity contribution in [2.45, 2.75) is 0 Å². The van der Waals surface area contributed by atoms with Crippen LogP contribution in [0.25, 0.3) is 5.69 Å². The van der Waals surface area contributed by atoms with Crippen molar-refractivity contribution in [3.8, 4) is 5.69 Å². The molecule has 0 radical (unpaired) electrons. The van der Waals surface area contributed by atoms with Gasteiger partial charge >= 0.3 is 0 Å². The van der Waals surface area contributed by atoms with Crippen LogP contribution in [0.15, 0.2) is 91.3 Å². The number of benzene rings is 3. The van der Waals surface area contributed by atoms with Gasteiger partial charge in [0.25, 0.3) is 5.91 Å². The maximum absolute atomic E-state index is 12.9. The highest BCUT2D eigenvalue weighted by atomic mass is 35.5. The van der Waals surface area contributed by atoms with Crippen LogP contribution in [-0.4, -0.2) is 21.5 Å². The lowest BCUT2D eigenvalue weighted by atomic mass is 10.0. The van der Waals surface area contributed by atoms with E-state index in [2.05, 4.69) is 10.4 Å². The molecule has 5 nitrogen and oxygen atoms in total. The second-order valence-electron chi connectivity index (χ2n) is 6.35. The molecular formula is C23H16ClN3O2. The van der Waals surface area contributed by atoms with Crippen LogP contribution in [0.4, 0.5) is 5.69 Å². The van der Waals surface area contributed by atoms with E-state index in [-0.39, 0.29) is 11.7 Å². The maximum atomic E-state index is 12.9. The Labute approximate surface area is 172 Å². The molecule has 0 aliphatic rings. The number of halogens is 1. The number of carbonyl (C=O) groups is 2. The molecule has 0 fully saturated rings. The fraction of sp³-hybridized carbons (Fsp3) is 0. The highest BCUT2D eigenvalue weighted by molar-refractivity contribution is 6.31. The van der Waals surface area contributed by atoms with Gasteiger partial charge in [-0.25, -0.2) is 4.68 Å². The van der Waals surface area contributed by atoms with Gasteiger partial charge in [-0.05, 0) is 30.3 Å². The SMILES string of the molecule is O=C(Nc1ccc(Cl)cc1C(=O)c1ccccc1)c1cnn(-c2ccccc2)c1. The van der Waals surface area contributed by atoms with Gasteiger partial charge in [-0.15, -0.1) is 0 Å². The smallest absolute Gasteiger partial charge is 0.258 e. The number of para-hydroxylation sites is 1. The van der Waals surface area contributed by atoms with E-state index in [1.807, 2.05) is 36.4 Å². The number of rotatable bonds is 5. The lowest BCUT2D eigenvalue weighted by Crippen LogP contribution is -2.15. The zero-order valence-corrected chi connectivity index (χ0v) is 16.0. The molecule has 3 aromatic carbocycles. The van der Waals surface area contributed by atoms with Gasteiger partial charge in [0.05, 0.1) is 23.1 Å². The van der Waals surface area contributed by atoms with Gasteiger partial charge in [0.15, 0.2) is 5.78 Å². The number of nitrogens with zero attached hydrogens (tertiary/aromatic N) is 2. The Morgan fingerprint density at radius 3 is 2.28 bits per heavy atom. The van der Waals surface area contributed by atoms with Crippen LogP contribution in [0.3, 0.4) is 0 Å². The van der Waals surface area contributed by atoms with Crippen molar-refractivity contribution in [2.75, 3.05) is 5.32 Å². The van der Waals surface area contributed by atoms with E-state index in [0.29, 0.717) is 27.4 Å². The van der Waals surface area contributed by atoms with E-state index < -0.39 is 0 Å². The number of nitrogens with one attached hydrogen (secondary N) is 1. The van der Waals surface area contributed by atoms with E-state index in [9.17, 15) is 9.59 Å². The Bertz CT molecular complexity index is 1170. The number of anilines is 1. The quantitative estimate of drug-likeness (QED) is 0.478. The molecule has 0 saturated heterocycles. The monoisotopic (exact) mass is 401 g/mol. The van der Waals surface area contributed by atoms with Crippen molar-refractivity contribution in [3.05, 3.63) is 113 Å². The third kappa shape index (κ3) is 4.10. The molecule has 0 aliphatic heterocycles. The molecule has 0 bridgehead atoms. The van der Waals surface area contributed by atoms with E-state index in [1.54, 1.807) is 53.3 Å². The third-order valence-corrected chi connectivity index (χ3v) is 4.61. The standard InChI is InChI=1S/C23H16ClN3O2/c24-18-11-12-21(20(13-18)22(28)16-7-3-1-4-8-16)26-23(29)17-14-25-27(15-17)19-9-5-2-6-10-19/h1-15H,(H,26,29). The predicted octanol–water partition coefficient (Wildman–Crippen LogP) is 5.01. The fourth-order valence-corrected chi connectivity index (χ4v) is 3.09. The lowest BCUT2D eigenvalue weighted by molar-refractivity contribution is 0.102. The molecule has 0 aliphatic carbocycles. The van der Waals surface area contributed by atoms with E-state index in [4.69, 9.17) is 11.6 Å². The Morgan fingerprint density at radius 2 is 1.55 bits per heavy atom.